The third-order valence-electron chi connectivity index (χ3n) is 5.17. The summed E-state index contributed by atoms with van der Waals surface area (Å²) in [6.07, 6.45) is 1.54. The number of carbonyl (C=O) groups is 2. The number of ether oxygens (including phenoxy) is 2. The second kappa shape index (κ2) is 8.72. The van der Waals surface area contributed by atoms with Crippen molar-refractivity contribution in [2.45, 2.75) is 20.4 Å². The lowest BCUT2D eigenvalue weighted by Gasteiger charge is -2.21. The van der Waals surface area contributed by atoms with E-state index in [1.807, 2.05) is 19.9 Å². The van der Waals surface area contributed by atoms with Crippen LogP contribution >= 0.6 is 23.4 Å². The van der Waals surface area contributed by atoms with Crippen LogP contribution in [-0.4, -0.2) is 41.0 Å². The summed E-state index contributed by atoms with van der Waals surface area (Å²) in [7, 11) is 0. The van der Waals surface area contributed by atoms with Gasteiger partial charge in [0.05, 0.1) is 11.4 Å². The molecule has 0 aliphatic carbocycles. The van der Waals surface area contributed by atoms with Crippen LogP contribution < -0.4 is 14.4 Å². The third kappa shape index (κ3) is 4.18. The normalized spacial score (nSPS) is 16.5. The molecule has 0 spiro atoms. The highest BCUT2D eigenvalue weighted by molar-refractivity contribution is 8.18. The second-order valence-electron chi connectivity index (χ2n) is 6.98. The number of amides is 2. The van der Waals surface area contributed by atoms with Gasteiger partial charge in [-0.05, 0) is 55.4 Å². The lowest BCUT2D eigenvalue weighted by atomic mass is 10.1. The Labute approximate surface area is 189 Å². The number of rotatable bonds is 6. The first-order valence-electron chi connectivity index (χ1n) is 9.82. The Morgan fingerprint density at radius 3 is 2.55 bits per heavy atom. The van der Waals surface area contributed by atoms with E-state index in [2.05, 4.69) is 4.90 Å². The summed E-state index contributed by atoms with van der Waals surface area (Å²) < 4.78 is 10.6. The molecule has 2 aliphatic heterocycles. The number of halogens is 1. The van der Waals surface area contributed by atoms with Gasteiger partial charge >= 0.3 is 0 Å². The fourth-order valence-corrected chi connectivity index (χ4v) is 4.51. The van der Waals surface area contributed by atoms with Crippen LogP contribution in [0.1, 0.15) is 25.0 Å². The SMILES string of the molecule is CCN(CC)c1ccc(/C=C2\SC(=O)N(Cc3cc4c(cc3Cl)OCO4)C2=O)c(O)c1. The van der Waals surface area contributed by atoms with Crippen molar-refractivity contribution in [1.82, 2.24) is 4.90 Å². The van der Waals surface area contributed by atoms with E-state index in [1.54, 1.807) is 24.3 Å². The first-order valence-corrected chi connectivity index (χ1v) is 11.0. The van der Waals surface area contributed by atoms with Crippen LogP contribution in [-0.2, 0) is 11.3 Å². The number of hydrogen-bond acceptors (Lipinski definition) is 7. The average Bonchev–Trinajstić information content (AvgIpc) is 3.30. The molecule has 0 saturated carbocycles. The molecule has 2 amide bonds. The summed E-state index contributed by atoms with van der Waals surface area (Å²) in [4.78, 5) is 28.8. The minimum absolute atomic E-state index is 0.0182. The predicted octanol–water partition coefficient (Wildman–Crippen LogP) is 4.86. The minimum atomic E-state index is -0.434. The zero-order valence-corrected chi connectivity index (χ0v) is 18.6. The van der Waals surface area contributed by atoms with E-state index in [9.17, 15) is 14.7 Å². The molecule has 1 fully saturated rings. The van der Waals surface area contributed by atoms with E-state index in [-0.39, 0.29) is 24.0 Å². The van der Waals surface area contributed by atoms with Crippen molar-refractivity contribution >= 4 is 46.3 Å². The molecular weight excluding hydrogens is 440 g/mol. The molecule has 2 aromatic rings. The van der Waals surface area contributed by atoms with Crippen molar-refractivity contribution in [3.05, 3.63) is 51.4 Å². The molecule has 0 atom stereocenters. The molecule has 0 bridgehead atoms. The zero-order chi connectivity index (χ0) is 22.1. The Morgan fingerprint density at radius 1 is 1.16 bits per heavy atom. The van der Waals surface area contributed by atoms with Crippen LogP contribution in [0.25, 0.3) is 6.08 Å². The van der Waals surface area contributed by atoms with Crippen molar-refractivity contribution in [3.8, 4) is 17.2 Å². The molecule has 2 heterocycles. The van der Waals surface area contributed by atoms with Crippen molar-refractivity contribution in [2.24, 2.45) is 0 Å². The summed E-state index contributed by atoms with van der Waals surface area (Å²) in [5, 5.41) is 10.4. The number of phenolic OH excluding ortho intramolecular Hbond substituents is 1. The standard InChI is InChI=1S/C22H21ClN2O5S/c1-3-24(4-2)15-6-5-13(17(26)9-15)8-20-21(27)25(22(28)31-20)11-14-7-18-19(10-16(14)23)30-12-29-18/h5-10,26H,3-4,11-12H2,1-2H3/b20-8-. The summed E-state index contributed by atoms with van der Waals surface area (Å²) in [5.74, 6) is 0.678. The number of aromatic hydroxyl groups is 1. The van der Waals surface area contributed by atoms with Crippen molar-refractivity contribution in [2.75, 3.05) is 24.8 Å². The maximum Gasteiger partial charge on any atom is 0.293 e. The number of hydrogen-bond donors (Lipinski definition) is 1. The maximum absolute atomic E-state index is 12.9. The van der Waals surface area contributed by atoms with Crippen molar-refractivity contribution in [3.63, 3.8) is 0 Å². The quantitative estimate of drug-likeness (QED) is 0.617. The largest absolute Gasteiger partial charge is 0.507 e. The summed E-state index contributed by atoms with van der Waals surface area (Å²) in [5.41, 5.74) is 1.95. The van der Waals surface area contributed by atoms with Crippen molar-refractivity contribution in [1.29, 1.82) is 0 Å². The van der Waals surface area contributed by atoms with E-state index >= 15 is 0 Å². The zero-order valence-electron chi connectivity index (χ0n) is 17.1. The van der Waals surface area contributed by atoms with E-state index in [0.717, 1.165) is 35.4 Å². The van der Waals surface area contributed by atoms with E-state index in [4.69, 9.17) is 21.1 Å². The number of phenols is 1. The van der Waals surface area contributed by atoms with Crippen LogP contribution in [0.4, 0.5) is 10.5 Å². The highest BCUT2D eigenvalue weighted by Gasteiger charge is 2.36. The van der Waals surface area contributed by atoms with Crippen LogP contribution in [0.15, 0.2) is 35.2 Å². The molecule has 2 aromatic carbocycles. The van der Waals surface area contributed by atoms with Gasteiger partial charge in [-0.15, -0.1) is 0 Å². The van der Waals surface area contributed by atoms with Gasteiger partial charge in [0.15, 0.2) is 11.5 Å². The molecule has 9 heteroatoms. The fraction of sp³-hybridized carbons (Fsp3) is 0.273. The summed E-state index contributed by atoms with van der Waals surface area (Å²) in [6.45, 7) is 5.83. The van der Waals surface area contributed by atoms with Gasteiger partial charge in [0, 0.05) is 41.5 Å². The van der Waals surface area contributed by atoms with E-state index < -0.39 is 11.1 Å². The molecule has 31 heavy (non-hydrogen) atoms. The van der Waals surface area contributed by atoms with Crippen LogP contribution in [0, 0.1) is 0 Å². The Morgan fingerprint density at radius 2 is 1.87 bits per heavy atom. The van der Waals surface area contributed by atoms with E-state index in [0.29, 0.717) is 27.6 Å². The number of thioether (sulfide) groups is 1. The maximum atomic E-state index is 12.9. The Balaban J connectivity index is 1.55. The first kappa shape index (κ1) is 21.4. The van der Waals surface area contributed by atoms with Crippen LogP contribution in [0.5, 0.6) is 17.2 Å². The highest BCUT2D eigenvalue weighted by atomic mass is 35.5. The van der Waals surface area contributed by atoms with Gasteiger partial charge in [0.1, 0.15) is 5.75 Å². The molecule has 0 radical (unpaired) electrons. The summed E-state index contributed by atoms with van der Waals surface area (Å²) >= 11 is 7.12. The van der Waals surface area contributed by atoms with Crippen LogP contribution in [0.3, 0.4) is 0 Å². The lowest BCUT2D eigenvalue weighted by molar-refractivity contribution is -0.123. The Kier molecular flexibility index (Phi) is 6.02. The highest BCUT2D eigenvalue weighted by Crippen LogP contribution is 2.40. The van der Waals surface area contributed by atoms with Gasteiger partial charge in [-0.2, -0.15) is 0 Å². The average molecular weight is 461 g/mol. The molecule has 162 valence electrons. The van der Waals surface area contributed by atoms with E-state index in [1.165, 1.54) is 6.08 Å². The Bertz CT molecular complexity index is 1080. The second-order valence-corrected chi connectivity index (χ2v) is 8.38. The number of nitrogens with zero attached hydrogens (tertiary/aromatic N) is 2. The smallest absolute Gasteiger partial charge is 0.293 e. The topological polar surface area (TPSA) is 79.3 Å². The van der Waals surface area contributed by atoms with Crippen LogP contribution in [0.2, 0.25) is 5.02 Å². The predicted molar refractivity (Wildman–Crippen MR) is 121 cm³/mol. The fourth-order valence-electron chi connectivity index (χ4n) is 3.47. The van der Waals surface area contributed by atoms with Gasteiger partial charge < -0.3 is 19.5 Å². The van der Waals surface area contributed by atoms with Gasteiger partial charge in [0.25, 0.3) is 11.1 Å². The van der Waals surface area contributed by atoms with Gasteiger partial charge in [0.2, 0.25) is 6.79 Å². The summed E-state index contributed by atoms with van der Waals surface area (Å²) in [6, 6.07) is 8.58. The van der Waals surface area contributed by atoms with Gasteiger partial charge in [-0.3, -0.25) is 14.5 Å². The first-order chi connectivity index (χ1) is 14.9. The van der Waals surface area contributed by atoms with Crippen molar-refractivity contribution < 1.29 is 24.2 Å². The minimum Gasteiger partial charge on any atom is -0.507 e. The van der Waals surface area contributed by atoms with Gasteiger partial charge in [-0.25, -0.2) is 0 Å². The number of carbonyl (C=O) groups excluding carboxylic acids is 2. The molecule has 0 unspecified atom stereocenters. The lowest BCUT2D eigenvalue weighted by Crippen LogP contribution is -2.27. The third-order valence-corrected chi connectivity index (χ3v) is 6.43. The molecule has 7 nitrogen and oxygen atoms in total. The van der Waals surface area contributed by atoms with Gasteiger partial charge in [-0.1, -0.05) is 11.6 Å². The number of fused-ring (bicyclic) bond motifs is 1. The molecule has 1 N–H and O–H groups in total. The molecule has 2 aliphatic rings. The number of benzene rings is 2. The molecular formula is C22H21ClN2O5S. The number of anilines is 1. The molecule has 1 saturated heterocycles. The number of imide groups is 1. The molecule has 0 aromatic heterocycles. The Hall–Kier alpha value is -2.84. The monoisotopic (exact) mass is 460 g/mol. The molecule has 4 rings (SSSR count).